The summed E-state index contributed by atoms with van der Waals surface area (Å²) >= 11 is 1.55. The van der Waals surface area contributed by atoms with Crippen LogP contribution in [0.1, 0.15) is 38.4 Å². The molecule has 0 unspecified atom stereocenters. The van der Waals surface area contributed by atoms with E-state index < -0.39 is 6.17 Å². The fraction of sp³-hybridized carbons (Fsp3) is 0.348. The Morgan fingerprint density at radius 2 is 2.00 bits per heavy atom. The van der Waals surface area contributed by atoms with Crippen LogP contribution in [0.2, 0.25) is 0 Å². The van der Waals surface area contributed by atoms with Crippen molar-refractivity contribution in [2.24, 2.45) is 10.1 Å². The van der Waals surface area contributed by atoms with Gasteiger partial charge < -0.3 is 9.47 Å². The zero-order valence-electron chi connectivity index (χ0n) is 17.9. The average Bonchev–Trinajstić information content (AvgIpc) is 2.78. The summed E-state index contributed by atoms with van der Waals surface area (Å²) in [5, 5.41) is 11.6. The molecule has 2 aliphatic heterocycles. The van der Waals surface area contributed by atoms with E-state index in [1.807, 2.05) is 49.4 Å². The van der Waals surface area contributed by atoms with E-state index in [4.69, 9.17) is 19.6 Å². The molecule has 31 heavy (non-hydrogen) atoms. The van der Waals surface area contributed by atoms with Crippen molar-refractivity contribution in [1.82, 2.24) is 10.3 Å². The Morgan fingerprint density at radius 1 is 1.16 bits per heavy atom. The van der Waals surface area contributed by atoms with Crippen molar-refractivity contribution in [3.8, 4) is 11.5 Å². The first kappa shape index (κ1) is 21.2. The van der Waals surface area contributed by atoms with Crippen molar-refractivity contribution in [3.05, 3.63) is 58.6 Å². The van der Waals surface area contributed by atoms with E-state index in [1.165, 1.54) is 0 Å². The van der Waals surface area contributed by atoms with Gasteiger partial charge in [-0.2, -0.15) is 0 Å². The highest BCUT2D eigenvalue weighted by Gasteiger charge is 2.34. The van der Waals surface area contributed by atoms with E-state index in [0.29, 0.717) is 29.0 Å². The summed E-state index contributed by atoms with van der Waals surface area (Å²) in [6.45, 7) is 4.59. The van der Waals surface area contributed by atoms with Gasteiger partial charge in [-0.05, 0) is 31.5 Å². The first-order valence-electron chi connectivity index (χ1n) is 10.5. The molecule has 1 N–H and O–H groups in total. The van der Waals surface area contributed by atoms with Crippen molar-refractivity contribution in [2.45, 2.75) is 32.9 Å². The van der Waals surface area contributed by atoms with Crippen molar-refractivity contribution in [3.63, 3.8) is 0 Å². The van der Waals surface area contributed by atoms with E-state index in [0.717, 1.165) is 34.7 Å². The summed E-state index contributed by atoms with van der Waals surface area (Å²) in [4.78, 5) is 18.0. The molecule has 0 spiro atoms. The lowest BCUT2D eigenvalue weighted by Gasteiger charge is -2.34. The number of ether oxygens (including phenoxy) is 2. The van der Waals surface area contributed by atoms with E-state index in [2.05, 4.69) is 12.2 Å². The highest BCUT2D eigenvalue weighted by atomic mass is 32.2. The van der Waals surface area contributed by atoms with Gasteiger partial charge in [-0.3, -0.25) is 15.1 Å². The Balaban J connectivity index is 1.83. The predicted molar refractivity (Wildman–Crippen MR) is 122 cm³/mol. The number of nitrogens with zero attached hydrogens (tertiary/aromatic N) is 3. The van der Waals surface area contributed by atoms with Crippen molar-refractivity contribution < 1.29 is 14.3 Å². The van der Waals surface area contributed by atoms with Crippen LogP contribution in [0.4, 0.5) is 0 Å². The number of methoxy groups -OCH3 is 1. The van der Waals surface area contributed by atoms with Crippen molar-refractivity contribution in [2.75, 3.05) is 19.5 Å². The first-order chi connectivity index (χ1) is 15.2. The zero-order valence-corrected chi connectivity index (χ0v) is 18.7. The largest absolute Gasteiger partial charge is 0.493 e. The van der Waals surface area contributed by atoms with Crippen molar-refractivity contribution in [1.29, 1.82) is 0 Å². The highest BCUT2D eigenvalue weighted by Crippen LogP contribution is 2.36. The van der Waals surface area contributed by atoms with Crippen LogP contribution in [-0.4, -0.2) is 35.6 Å². The number of para-hydroxylation sites is 1. The molecule has 1 atom stereocenters. The molecule has 7 nitrogen and oxygen atoms in total. The summed E-state index contributed by atoms with van der Waals surface area (Å²) in [6, 6.07) is 13.4. The Morgan fingerprint density at radius 3 is 2.77 bits per heavy atom. The topological polar surface area (TPSA) is 75.5 Å². The average molecular weight is 439 g/mol. The lowest BCUT2D eigenvalue weighted by atomic mass is 10.1. The second-order valence-corrected chi connectivity index (χ2v) is 8.20. The molecule has 162 valence electrons. The molecule has 2 aliphatic rings. The molecule has 4 rings (SSSR count). The number of amidine groups is 1. The minimum Gasteiger partial charge on any atom is -0.493 e. The Hall–Kier alpha value is -3.00. The molecule has 0 bridgehead atoms. The normalized spacial score (nSPS) is 17.2. The second-order valence-electron chi connectivity index (χ2n) is 7.12. The van der Waals surface area contributed by atoms with E-state index in [9.17, 15) is 4.79 Å². The quantitative estimate of drug-likeness (QED) is 0.673. The number of carbonyl (C=O) groups excluding carboxylic acids is 1. The van der Waals surface area contributed by atoms with Crippen LogP contribution >= 0.6 is 11.8 Å². The van der Waals surface area contributed by atoms with E-state index >= 15 is 0 Å². The van der Waals surface area contributed by atoms with Gasteiger partial charge in [0.05, 0.1) is 19.1 Å². The van der Waals surface area contributed by atoms with Gasteiger partial charge in [0.1, 0.15) is 5.70 Å². The van der Waals surface area contributed by atoms with Gasteiger partial charge >= 0.3 is 0 Å². The lowest BCUT2D eigenvalue weighted by molar-refractivity contribution is -0.116. The van der Waals surface area contributed by atoms with Gasteiger partial charge in [0.2, 0.25) is 0 Å². The minimum atomic E-state index is -0.483. The molecule has 8 heteroatoms. The molecule has 2 aromatic rings. The van der Waals surface area contributed by atoms with Gasteiger partial charge in [0.25, 0.3) is 5.91 Å². The standard InChI is InChI=1S/C23H26N4O3S/c1-4-6-13-31-23-25-22(28)20-16-9-7-8-10-17(16)24-21(27(20)26-23)15-11-12-18(29-3)19(14-15)30-5-2/h7-12,14,21H,4-6,13H2,1-3H3,(H,25,26,28)/t21-/m0/s1. The number of rotatable bonds is 7. The maximum Gasteiger partial charge on any atom is 0.276 e. The zero-order chi connectivity index (χ0) is 21.8. The predicted octanol–water partition coefficient (Wildman–Crippen LogP) is 2.77. The van der Waals surface area contributed by atoms with Gasteiger partial charge in [0, 0.05) is 16.5 Å². The number of carbonyl (C=O) groups is 1. The molecule has 0 aromatic heterocycles. The maximum atomic E-state index is 13.1. The van der Waals surface area contributed by atoms with Crippen LogP contribution in [0.25, 0.3) is 5.70 Å². The van der Waals surface area contributed by atoms with Crippen LogP contribution in [0.15, 0.2) is 52.6 Å². The van der Waals surface area contributed by atoms with E-state index in [1.54, 1.807) is 23.9 Å². The molecular formula is C23H26N4O3S. The summed E-state index contributed by atoms with van der Waals surface area (Å²) in [7, 11) is 1.61. The number of unbranched alkanes of at least 4 members (excludes halogenated alkanes) is 1. The fourth-order valence-electron chi connectivity index (χ4n) is 3.54. The Kier molecular flexibility index (Phi) is 6.46. The highest BCUT2D eigenvalue weighted by molar-refractivity contribution is 8.13. The number of hydrogen-bond acceptors (Lipinski definition) is 7. The maximum absolute atomic E-state index is 13.1. The molecule has 0 saturated carbocycles. The Labute approximate surface area is 185 Å². The third-order valence-electron chi connectivity index (χ3n) is 5.04. The van der Waals surface area contributed by atoms with Gasteiger partial charge in [-0.25, -0.2) is 5.01 Å². The number of nitrogens with one attached hydrogen (secondary N) is 1. The molecule has 0 fully saturated rings. The Bertz CT molecular complexity index is 1130. The smallest absolute Gasteiger partial charge is 0.276 e. The number of hydrogen-bond donors (Lipinski definition) is 1. The third kappa shape index (κ3) is 4.25. The monoisotopic (exact) mass is 438 g/mol. The molecule has 2 heterocycles. The molecule has 0 saturated heterocycles. The van der Waals surface area contributed by atoms with Crippen LogP contribution in [0, 0.1) is 0 Å². The summed E-state index contributed by atoms with van der Waals surface area (Å²) in [6.07, 6.45) is 1.66. The minimum absolute atomic E-state index is 0.167. The molecule has 0 aliphatic carbocycles. The van der Waals surface area contributed by atoms with Crippen molar-refractivity contribution >= 4 is 28.5 Å². The SMILES string of the molecule is CCCCSC1=NN2C(=c3ccccc3=N[C@@H]2c2ccc(OC)c(OCC)c2)C(=O)N1. The summed E-state index contributed by atoms with van der Waals surface area (Å²) in [5.74, 6) is 2.02. The molecule has 0 radical (unpaired) electrons. The second kappa shape index (κ2) is 9.43. The number of thioether (sulfide) groups is 1. The van der Waals surface area contributed by atoms with Gasteiger partial charge in [-0.15, -0.1) is 5.10 Å². The number of benzene rings is 2. The van der Waals surface area contributed by atoms with Crippen LogP contribution in [0.5, 0.6) is 11.5 Å². The van der Waals surface area contributed by atoms with Crippen LogP contribution < -0.4 is 25.4 Å². The summed E-state index contributed by atoms with van der Waals surface area (Å²) in [5.41, 5.74) is 1.37. The van der Waals surface area contributed by atoms with Crippen LogP contribution in [-0.2, 0) is 4.79 Å². The number of fused-ring (bicyclic) bond motifs is 2. The molecular weight excluding hydrogens is 412 g/mol. The molecule has 2 aromatic carbocycles. The molecule has 1 amide bonds. The third-order valence-corrected chi connectivity index (χ3v) is 5.99. The first-order valence-corrected chi connectivity index (χ1v) is 11.4. The number of amides is 1. The summed E-state index contributed by atoms with van der Waals surface area (Å²) < 4.78 is 11.2. The lowest BCUT2D eigenvalue weighted by Crippen LogP contribution is -2.50. The fourth-order valence-corrected chi connectivity index (χ4v) is 4.48. The van der Waals surface area contributed by atoms with Gasteiger partial charge in [0.15, 0.2) is 22.8 Å². The van der Waals surface area contributed by atoms with Gasteiger partial charge in [-0.1, -0.05) is 49.4 Å². The van der Waals surface area contributed by atoms with Crippen LogP contribution in [0.3, 0.4) is 0 Å². The number of hydrazone groups is 1. The van der Waals surface area contributed by atoms with E-state index in [-0.39, 0.29) is 5.91 Å².